The van der Waals surface area contributed by atoms with E-state index < -0.39 is 0 Å². The van der Waals surface area contributed by atoms with Gasteiger partial charge in [0.15, 0.2) is 4.34 Å². The lowest BCUT2D eigenvalue weighted by atomic mass is 10.2. The van der Waals surface area contributed by atoms with Gasteiger partial charge in [-0.2, -0.15) is 0 Å². The highest BCUT2D eigenvalue weighted by molar-refractivity contribution is 14.1. The minimum atomic E-state index is 0.833. The Labute approximate surface area is 149 Å². The second kappa shape index (κ2) is 5.82. The summed E-state index contributed by atoms with van der Waals surface area (Å²) >= 11 is 5.78. The molecule has 0 aliphatic carbocycles. The fourth-order valence-electron chi connectivity index (χ4n) is 2.49. The first-order chi connectivity index (χ1) is 10.7. The first kappa shape index (κ1) is 14.5. The summed E-state index contributed by atoms with van der Waals surface area (Å²) in [4.78, 5) is 9.09. The zero-order chi connectivity index (χ0) is 15.1. The van der Waals surface area contributed by atoms with E-state index in [2.05, 4.69) is 79.8 Å². The van der Waals surface area contributed by atoms with Crippen LogP contribution < -0.4 is 0 Å². The maximum atomic E-state index is 4.59. The summed E-state index contributed by atoms with van der Waals surface area (Å²) in [5.74, 6) is 0. The molecule has 2 aromatic carbocycles. The summed E-state index contributed by atoms with van der Waals surface area (Å²) in [6, 6.07) is 12.9. The Morgan fingerprint density at radius 1 is 1.18 bits per heavy atom. The van der Waals surface area contributed by atoms with Gasteiger partial charge in [0.2, 0.25) is 0 Å². The Balaban J connectivity index is 1.72. The molecule has 22 heavy (non-hydrogen) atoms. The highest BCUT2D eigenvalue weighted by atomic mass is 127. The van der Waals surface area contributed by atoms with Crippen molar-refractivity contribution in [3.63, 3.8) is 0 Å². The number of fused-ring (bicyclic) bond motifs is 2. The molecule has 2 aromatic heterocycles. The van der Waals surface area contributed by atoms with Crippen LogP contribution in [0.1, 0.15) is 5.56 Å². The normalized spacial score (nSPS) is 11.5. The smallest absolute Gasteiger partial charge is 0.150 e. The summed E-state index contributed by atoms with van der Waals surface area (Å²) in [6.45, 7) is 0.833. The number of thioether (sulfide) groups is 1. The minimum absolute atomic E-state index is 0.833. The van der Waals surface area contributed by atoms with E-state index in [1.165, 1.54) is 19.4 Å². The van der Waals surface area contributed by atoms with E-state index >= 15 is 0 Å². The molecule has 4 aromatic rings. The molecule has 0 radical (unpaired) electrons. The zero-order valence-electron chi connectivity index (χ0n) is 11.8. The number of halogens is 1. The van der Waals surface area contributed by atoms with Crippen molar-refractivity contribution in [3.05, 3.63) is 51.9 Å². The number of benzene rings is 2. The highest BCUT2D eigenvalue weighted by Crippen LogP contribution is 2.29. The van der Waals surface area contributed by atoms with E-state index in [9.17, 15) is 0 Å². The van der Waals surface area contributed by atoms with Gasteiger partial charge in [-0.3, -0.25) is 0 Å². The SMILES string of the molecule is CSc1nc2ccc(Cn3cnc4cc(I)ccc43)cc2s1. The second-order valence-corrected chi connectivity index (χ2v) is 8.32. The lowest BCUT2D eigenvalue weighted by Crippen LogP contribution is -1.97. The van der Waals surface area contributed by atoms with Crippen LogP contribution in [0.3, 0.4) is 0 Å². The van der Waals surface area contributed by atoms with Crippen molar-refractivity contribution in [3.8, 4) is 0 Å². The Morgan fingerprint density at radius 3 is 2.95 bits per heavy atom. The number of rotatable bonds is 3. The van der Waals surface area contributed by atoms with Crippen LogP contribution >= 0.6 is 45.7 Å². The van der Waals surface area contributed by atoms with Crippen molar-refractivity contribution in [2.75, 3.05) is 6.26 Å². The van der Waals surface area contributed by atoms with E-state index in [0.29, 0.717) is 0 Å². The van der Waals surface area contributed by atoms with Gasteiger partial charge < -0.3 is 4.57 Å². The molecular weight excluding hydrogens is 425 g/mol. The molecule has 3 nitrogen and oxygen atoms in total. The summed E-state index contributed by atoms with van der Waals surface area (Å²) in [5.41, 5.74) is 4.59. The number of thiazole rings is 1. The first-order valence-corrected chi connectivity index (χ1v) is 9.89. The number of imidazole rings is 1. The number of hydrogen-bond donors (Lipinski definition) is 0. The van der Waals surface area contributed by atoms with E-state index in [-0.39, 0.29) is 0 Å². The molecule has 0 saturated carbocycles. The molecule has 0 unspecified atom stereocenters. The minimum Gasteiger partial charge on any atom is -0.326 e. The maximum Gasteiger partial charge on any atom is 0.150 e. The molecule has 110 valence electrons. The first-order valence-electron chi connectivity index (χ1n) is 6.77. The predicted octanol–water partition coefficient (Wildman–Crippen LogP) is 5.02. The third kappa shape index (κ3) is 2.63. The van der Waals surface area contributed by atoms with Gasteiger partial charge in [-0.15, -0.1) is 11.3 Å². The highest BCUT2D eigenvalue weighted by Gasteiger charge is 2.07. The average molecular weight is 437 g/mol. The van der Waals surface area contributed by atoms with Crippen molar-refractivity contribution in [1.29, 1.82) is 0 Å². The van der Waals surface area contributed by atoms with Crippen molar-refractivity contribution >= 4 is 66.9 Å². The van der Waals surface area contributed by atoms with Gasteiger partial charge >= 0.3 is 0 Å². The third-order valence-corrected chi connectivity index (χ3v) is 6.22. The maximum absolute atomic E-state index is 4.59. The van der Waals surface area contributed by atoms with Crippen LogP contribution in [0.15, 0.2) is 47.1 Å². The summed E-state index contributed by atoms with van der Waals surface area (Å²) < 4.78 is 5.78. The van der Waals surface area contributed by atoms with Gasteiger partial charge in [-0.05, 0) is 64.7 Å². The van der Waals surface area contributed by atoms with Crippen molar-refractivity contribution in [2.24, 2.45) is 0 Å². The Kier molecular flexibility index (Phi) is 3.83. The quantitative estimate of drug-likeness (QED) is 0.333. The molecule has 4 rings (SSSR count). The molecule has 0 saturated heterocycles. The van der Waals surface area contributed by atoms with Crippen LogP contribution in [0.25, 0.3) is 21.3 Å². The van der Waals surface area contributed by atoms with Gasteiger partial charge in [-0.25, -0.2) is 9.97 Å². The van der Waals surface area contributed by atoms with E-state index in [1.54, 1.807) is 23.1 Å². The molecule has 0 fully saturated rings. The molecule has 6 heteroatoms. The third-order valence-electron chi connectivity index (χ3n) is 3.54. The standard InChI is InChI=1S/C16H12IN3S2/c1-21-16-19-12-4-2-10(6-15(12)22-16)8-20-9-18-13-7-11(17)3-5-14(13)20/h2-7,9H,8H2,1H3. The fourth-order valence-corrected chi connectivity index (χ4v) is 4.52. The average Bonchev–Trinajstić information content (AvgIpc) is 3.10. The monoisotopic (exact) mass is 437 g/mol. The molecule has 0 N–H and O–H groups in total. The number of hydrogen-bond acceptors (Lipinski definition) is 4. The number of nitrogens with zero attached hydrogens (tertiary/aromatic N) is 3. The van der Waals surface area contributed by atoms with Crippen LogP contribution in [-0.2, 0) is 6.54 Å². The lowest BCUT2D eigenvalue weighted by Gasteiger charge is -2.04. The van der Waals surface area contributed by atoms with Crippen molar-refractivity contribution in [1.82, 2.24) is 14.5 Å². The van der Waals surface area contributed by atoms with Gasteiger partial charge in [0.05, 0.1) is 27.6 Å². The summed E-state index contributed by atoms with van der Waals surface area (Å²) in [7, 11) is 0. The van der Waals surface area contributed by atoms with Crippen LogP contribution in [0, 0.1) is 3.57 Å². The van der Waals surface area contributed by atoms with Crippen LogP contribution in [0.5, 0.6) is 0 Å². The van der Waals surface area contributed by atoms with Gasteiger partial charge in [0.1, 0.15) is 0 Å². The van der Waals surface area contributed by atoms with Crippen molar-refractivity contribution in [2.45, 2.75) is 10.9 Å². The molecule has 0 amide bonds. The molecule has 0 atom stereocenters. The zero-order valence-corrected chi connectivity index (χ0v) is 15.6. The Morgan fingerprint density at radius 2 is 2.09 bits per heavy atom. The van der Waals surface area contributed by atoms with Crippen LogP contribution in [0.2, 0.25) is 0 Å². The van der Waals surface area contributed by atoms with E-state index in [4.69, 9.17) is 0 Å². The van der Waals surface area contributed by atoms with Gasteiger partial charge in [-0.1, -0.05) is 17.8 Å². The lowest BCUT2D eigenvalue weighted by molar-refractivity contribution is 0.826. The second-order valence-electron chi connectivity index (χ2n) is 4.99. The van der Waals surface area contributed by atoms with E-state index in [0.717, 1.165) is 21.9 Å². The van der Waals surface area contributed by atoms with Crippen molar-refractivity contribution < 1.29 is 0 Å². The molecule has 0 spiro atoms. The molecule has 0 aliphatic heterocycles. The summed E-state index contributed by atoms with van der Waals surface area (Å²) in [6.07, 6.45) is 3.99. The topological polar surface area (TPSA) is 30.7 Å². The Hall–Kier alpha value is -1.12. The van der Waals surface area contributed by atoms with E-state index in [1.807, 2.05) is 6.33 Å². The summed E-state index contributed by atoms with van der Waals surface area (Å²) in [5, 5.41) is 0. The van der Waals surface area contributed by atoms with Crippen LogP contribution in [0.4, 0.5) is 0 Å². The number of aromatic nitrogens is 3. The molecule has 0 bridgehead atoms. The van der Waals surface area contributed by atoms with Gasteiger partial charge in [0.25, 0.3) is 0 Å². The largest absolute Gasteiger partial charge is 0.326 e. The molecule has 0 aliphatic rings. The Bertz CT molecular complexity index is 974. The molecular formula is C16H12IN3S2. The fraction of sp³-hybridized carbons (Fsp3) is 0.125. The predicted molar refractivity (Wildman–Crippen MR) is 103 cm³/mol. The van der Waals surface area contributed by atoms with Gasteiger partial charge in [0, 0.05) is 10.1 Å². The van der Waals surface area contributed by atoms with Crippen LogP contribution in [-0.4, -0.2) is 20.8 Å². The molecule has 2 heterocycles.